The van der Waals surface area contributed by atoms with Crippen LogP contribution >= 0.6 is 12.2 Å². The van der Waals surface area contributed by atoms with Crippen molar-refractivity contribution in [3.8, 4) is 17.2 Å². The number of benzene rings is 2. The normalized spacial score (nSPS) is 10.6. The molecule has 28 heavy (non-hydrogen) atoms. The zero-order valence-electron chi connectivity index (χ0n) is 15.8. The summed E-state index contributed by atoms with van der Waals surface area (Å²) < 4.78 is 2.52. The van der Waals surface area contributed by atoms with E-state index in [0.29, 0.717) is 28.9 Å². The number of nitrogens with zero attached hydrogens (tertiary/aromatic N) is 3. The largest absolute Gasteiger partial charge is 0.352 e. The van der Waals surface area contributed by atoms with Gasteiger partial charge in [0.2, 0.25) is 0 Å². The van der Waals surface area contributed by atoms with E-state index in [2.05, 4.69) is 21.6 Å². The number of hydrogen-bond donors (Lipinski definition) is 2. The Morgan fingerprint density at radius 3 is 2.61 bits per heavy atom. The molecule has 1 amide bonds. The quantitative estimate of drug-likeness (QED) is 0.621. The molecule has 0 unspecified atom stereocenters. The smallest absolute Gasteiger partial charge is 0.251 e. The van der Waals surface area contributed by atoms with Gasteiger partial charge in [-0.15, -0.1) is 0 Å². The SMILES string of the molecule is CC(C)n1c(CCNC(=O)c2ccccc2-c2ccccc2C#N)n[nH]c1=S. The molecule has 7 heteroatoms. The molecule has 2 aromatic carbocycles. The van der Waals surface area contributed by atoms with Gasteiger partial charge in [-0.1, -0.05) is 36.4 Å². The first-order valence-corrected chi connectivity index (χ1v) is 9.46. The highest BCUT2D eigenvalue weighted by atomic mass is 32.1. The van der Waals surface area contributed by atoms with Crippen molar-refractivity contribution in [1.29, 1.82) is 5.26 Å². The first-order chi connectivity index (χ1) is 13.5. The molecule has 0 fully saturated rings. The Morgan fingerprint density at radius 2 is 1.89 bits per heavy atom. The summed E-state index contributed by atoms with van der Waals surface area (Å²) in [6.45, 7) is 4.51. The number of nitriles is 1. The van der Waals surface area contributed by atoms with Crippen molar-refractivity contribution in [1.82, 2.24) is 20.1 Å². The van der Waals surface area contributed by atoms with E-state index in [1.807, 2.05) is 54.8 Å². The second-order valence-electron chi connectivity index (χ2n) is 6.62. The van der Waals surface area contributed by atoms with Crippen LogP contribution in [-0.2, 0) is 6.42 Å². The molecular weight excluding hydrogens is 370 g/mol. The van der Waals surface area contributed by atoms with Crippen LogP contribution < -0.4 is 5.32 Å². The monoisotopic (exact) mass is 391 g/mol. The zero-order valence-corrected chi connectivity index (χ0v) is 16.6. The van der Waals surface area contributed by atoms with Crippen molar-refractivity contribution in [2.75, 3.05) is 6.54 Å². The van der Waals surface area contributed by atoms with Crippen LogP contribution in [0.4, 0.5) is 0 Å². The number of amides is 1. The van der Waals surface area contributed by atoms with Gasteiger partial charge in [-0.2, -0.15) is 10.4 Å². The lowest BCUT2D eigenvalue weighted by Gasteiger charge is -2.13. The lowest BCUT2D eigenvalue weighted by atomic mass is 9.95. The Kier molecular flexibility index (Phi) is 6.02. The zero-order chi connectivity index (χ0) is 20.1. The molecule has 0 radical (unpaired) electrons. The molecule has 2 N–H and O–H groups in total. The number of H-pyrrole nitrogens is 1. The van der Waals surface area contributed by atoms with Crippen molar-refractivity contribution in [2.45, 2.75) is 26.3 Å². The number of carbonyl (C=O) groups excluding carboxylic acids is 1. The van der Waals surface area contributed by atoms with E-state index in [1.165, 1.54) is 0 Å². The second-order valence-corrected chi connectivity index (χ2v) is 7.00. The van der Waals surface area contributed by atoms with E-state index < -0.39 is 0 Å². The van der Waals surface area contributed by atoms with E-state index in [9.17, 15) is 10.1 Å². The van der Waals surface area contributed by atoms with Crippen LogP contribution in [0.25, 0.3) is 11.1 Å². The predicted octanol–water partition coefficient (Wildman–Crippen LogP) is 4.03. The van der Waals surface area contributed by atoms with E-state index in [0.717, 1.165) is 17.0 Å². The summed E-state index contributed by atoms with van der Waals surface area (Å²) in [5.41, 5.74) is 2.56. The Hall–Kier alpha value is -3.24. The fraction of sp³-hybridized carbons (Fsp3) is 0.238. The van der Waals surface area contributed by atoms with Crippen LogP contribution in [0.3, 0.4) is 0 Å². The lowest BCUT2D eigenvalue weighted by Crippen LogP contribution is -2.27. The summed E-state index contributed by atoms with van der Waals surface area (Å²) in [4.78, 5) is 12.8. The van der Waals surface area contributed by atoms with Gasteiger partial charge < -0.3 is 9.88 Å². The summed E-state index contributed by atoms with van der Waals surface area (Å²) >= 11 is 5.25. The van der Waals surface area contributed by atoms with Gasteiger partial charge in [-0.3, -0.25) is 9.89 Å². The van der Waals surface area contributed by atoms with Gasteiger partial charge in [0, 0.05) is 30.1 Å². The van der Waals surface area contributed by atoms with Crippen molar-refractivity contribution < 1.29 is 4.79 Å². The van der Waals surface area contributed by atoms with Crippen molar-refractivity contribution >= 4 is 18.1 Å². The lowest BCUT2D eigenvalue weighted by molar-refractivity contribution is 0.0954. The fourth-order valence-electron chi connectivity index (χ4n) is 3.16. The first-order valence-electron chi connectivity index (χ1n) is 9.05. The molecule has 6 nitrogen and oxygen atoms in total. The predicted molar refractivity (Wildman–Crippen MR) is 110 cm³/mol. The van der Waals surface area contributed by atoms with Gasteiger partial charge in [-0.25, -0.2) is 0 Å². The third kappa shape index (κ3) is 4.02. The summed E-state index contributed by atoms with van der Waals surface area (Å²) in [6.07, 6.45) is 0.564. The van der Waals surface area contributed by atoms with Crippen molar-refractivity contribution in [2.24, 2.45) is 0 Å². The van der Waals surface area contributed by atoms with Gasteiger partial charge in [0.25, 0.3) is 5.91 Å². The molecule has 0 atom stereocenters. The highest BCUT2D eigenvalue weighted by Gasteiger charge is 2.15. The molecular formula is C21H21N5OS. The minimum atomic E-state index is -0.187. The average molecular weight is 392 g/mol. The fourth-order valence-corrected chi connectivity index (χ4v) is 3.52. The summed E-state index contributed by atoms with van der Waals surface area (Å²) in [5, 5.41) is 19.4. The van der Waals surface area contributed by atoms with Gasteiger partial charge in [0.15, 0.2) is 4.77 Å². The molecule has 0 bridgehead atoms. The molecule has 0 aliphatic rings. The van der Waals surface area contributed by atoms with Crippen molar-refractivity contribution in [3.05, 3.63) is 70.3 Å². The summed E-state index contributed by atoms with van der Waals surface area (Å²) in [6, 6.07) is 17.0. The minimum Gasteiger partial charge on any atom is -0.352 e. The maximum absolute atomic E-state index is 12.8. The van der Waals surface area contributed by atoms with Gasteiger partial charge in [0.1, 0.15) is 5.82 Å². The first kappa shape index (κ1) is 19.5. The van der Waals surface area contributed by atoms with Crippen LogP contribution in [0, 0.1) is 16.1 Å². The number of aromatic amines is 1. The molecule has 3 aromatic rings. The summed E-state index contributed by atoms with van der Waals surface area (Å²) in [7, 11) is 0. The Labute approximate surface area is 168 Å². The van der Waals surface area contributed by atoms with Gasteiger partial charge in [-0.05, 0) is 43.8 Å². The van der Waals surface area contributed by atoms with Gasteiger partial charge >= 0.3 is 0 Å². The Morgan fingerprint density at radius 1 is 1.21 bits per heavy atom. The van der Waals surface area contributed by atoms with Crippen LogP contribution in [0.2, 0.25) is 0 Å². The van der Waals surface area contributed by atoms with E-state index in [-0.39, 0.29) is 11.9 Å². The average Bonchev–Trinajstić information content (AvgIpc) is 3.08. The molecule has 0 saturated heterocycles. The molecule has 0 spiro atoms. The standard InChI is InChI=1S/C21H21N5OS/c1-14(2)26-19(24-25-21(26)28)11-12-23-20(27)18-10-6-5-9-17(18)16-8-4-3-7-15(16)13-22/h3-10,14H,11-12H2,1-2H3,(H,23,27)(H,25,28). The van der Waals surface area contributed by atoms with Crippen molar-refractivity contribution in [3.63, 3.8) is 0 Å². The van der Waals surface area contributed by atoms with Gasteiger partial charge in [0.05, 0.1) is 11.6 Å². The van der Waals surface area contributed by atoms with Crippen LogP contribution in [0.1, 0.15) is 41.6 Å². The number of aromatic nitrogens is 3. The minimum absolute atomic E-state index is 0.187. The van der Waals surface area contributed by atoms with Crippen LogP contribution in [0.15, 0.2) is 48.5 Å². The third-order valence-electron chi connectivity index (χ3n) is 4.44. The number of hydrogen-bond acceptors (Lipinski definition) is 4. The van der Waals surface area contributed by atoms with Crippen LogP contribution in [0.5, 0.6) is 0 Å². The molecule has 1 heterocycles. The van der Waals surface area contributed by atoms with E-state index in [4.69, 9.17) is 12.2 Å². The van der Waals surface area contributed by atoms with E-state index >= 15 is 0 Å². The molecule has 0 saturated carbocycles. The van der Waals surface area contributed by atoms with E-state index in [1.54, 1.807) is 12.1 Å². The second kappa shape index (κ2) is 8.63. The number of nitrogens with one attached hydrogen (secondary N) is 2. The number of carbonyl (C=O) groups is 1. The molecule has 3 rings (SSSR count). The highest BCUT2D eigenvalue weighted by Crippen LogP contribution is 2.26. The molecule has 0 aliphatic heterocycles. The topological polar surface area (TPSA) is 86.5 Å². The third-order valence-corrected chi connectivity index (χ3v) is 4.73. The Bertz CT molecular complexity index is 1090. The molecule has 0 aliphatic carbocycles. The molecule has 1 aromatic heterocycles. The molecule has 142 valence electrons. The maximum atomic E-state index is 12.8. The highest BCUT2D eigenvalue weighted by molar-refractivity contribution is 7.71. The maximum Gasteiger partial charge on any atom is 0.251 e. The number of rotatable bonds is 6. The Balaban J connectivity index is 1.78. The summed E-state index contributed by atoms with van der Waals surface area (Å²) in [5.74, 6) is 0.622. The van der Waals surface area contributed by atoms with Crippen LogP contribution in [-0.4, -0.2) is 27.2 Å².